The van der Waals surface area contributed by atoms with E-state index in [-0.39, 0.29) is 29.3 Å². The normalized spacial score (nSPS) is 11.4. The van der Waals surface area contributed by atoms with Gasteiger partial charge in [-0.05, 0) is 43.5 Å². The van der Waals surface area contributed by atoms with Crippen molar-refractivity contribution in [1.29, 1.82) is 5.26 Å². The Balaban J connectivity index is 3.71. The van der Waals surface area contributed by atoms with E-state index in [0.717, 1.165) is 5.56 Å². The lowest BCUT2D eigenvalue weighted by atomic mass is 9.93. The number of ketones is 1. The number of hydrogen-bond acceptors (Lipinski definition) is 4. The highest BCUT2D eigenvalue weighted by Crippen LogP contribution is 2.23. The lowest BCUT2D eigenvalue weighted by Crippen LogP contribution is -2.34. The van der Waals surface area contributed by atoms with Gasteiger partial charge in [0, 0.05) is 24.7 Å². The van der Waals surface area contributed by atoms with Gasteiger partial charge in [-0.25, -0.2) is 0 Å². The monoisotopic (exact) mass is 341 g/mol. The smallest absolute Gasteiger partial charge is 0.249 e. The van der Waals surface area contributed by atoms with Gasteiger partial charge in [0.1, 0.15) is 5.70 Å². The highest BCUT2D eigenvalue weighted by Gasteiger charge is 2.28. The molecule has 0 aliphatic heterocycles. The number of allylic oxidation sites excluding steroid dienone is 1. The summed E-state index contributed by atoms with van der Waals surface area (Å²) in [7, 11) is 1.48. The summed E-state index contributed by atoms with van der Waals surface area (Å²) in [6.45, 7) is 7.32. The molecule has 0 spiro atoms. The molecule has 0 atom stereocenters. The van der Waals surface area contributed by atoms with Gasteiger partial charge < -0.3 is 10.2 Å². The van der Waals surface area contributed by atoms with Crippen LogP contribution in [0.1, 0.15) is 42.3 Å². The highest BCUT2D eigenvalue weighted by molar-refractivity contribution is 6.14. The first-order valence-electron chi connectivity index (χ1n) is 8.05. The Labute approximate surface area is 148 Å². The lowest BCUT2D eigenvalue weighted by molar-refractivity contribution is -0.117. The average Bonchev–Trinajstić information content (AvgIpc) is 2.59. The van der Waals surface area contributed by atoms with Gasteiger partial charge in [0.05, 0.1) is 11.6 Å². The van der Waals surface area contributed by atoms with E-state index >= 15 is 0 Å². The van der Waals surface area contributed by atoms with Crippen LogP contribution in [0.2, 0.25) is 0 Å². The molecule has 0 heterocycles. The van der Waals surface area contributed by atoms with E-state index in [1.165, 1.54) is 18.0 Å². The molecule has 0 fully saturated rings. The first-order valence-corrected chi connectivity index (χ1v) is 8.05. The number of hydrogen-bond donors (Lipinski definition) is 1. The van der Waals surface area contributed by atoms with E-state index in [1.54, 1.807) is 39.8 Å². The predicted octanol–water partition coefficient (Wildman–Crippen LogP) is 2.18. The predicted molar refractivity (Wildman–Crippen MR) is 94.6 cm³/mol. The fourth-order valence-electron chi connectivity index (χ4n) is 2.59. The summed E-state index contributed by atoms with van der Waals surface area (Å²) in [6, 6.07) is 6.79. The molecule has 0 saturated heterocycles. The maximum Gasteiger partial charge on any atom is 0.249 e. The second kappa shape index (κ2) is 8.78. The molecule has 1 N–H and O–H groups in total. The third kappa shape index (κ3) is 4.54. The van der Waals surface area contributed by atoms with Gasteiger partial charge in [0.25, 0.3) is 0 Å². The number of carbonyl (C=O) groups excluding carboxylic acids is 3. The summed E-state index contributed by atoms with van der Waals surface area (Å²) in [5.41, 5.74) is 1.65. The van der Waals surface area contributed by atoms with Crippen molar-refractivity contribution in [1.82, 2.24) is 10.2 Å². The third-order valence-electron chi connectivity index (χ3n) is 3.74. The molecule has 2 amide bonds. The molecule has 0 bridgehead atoms. The number of nitrogens with zero attached hydrogens (tertiary/aromatic N) is 2. The maximum atomic E-state index is 13.1. The third-order valence-corrected chi connectivity index (χ3v) is 3.74. The van der Waals surface area contributed by atoms with Gasteiger partial charge in [0.15, 0.2) is 0 Å². The summed E-state index contributed by atoms with van der Waals surface area (Å²) in [5, 5.41) is 11.7. The Bertz CT molecular complexity index is 758. The molecule has 6 heteroatoms. The van der Waals surface area contributed by atoms with Crippen molar-refractivity contribution in [3.05, 3.63) is 46.2 Å². The molecule has 6 nitrogen and oxygen atoms in total. The van der Waals surface area contributed by atoms with Crippen molar-refractivity contribution in [3.8, 4) is 6.07 Å². The number of likely N-dealkylation sites (N-methyl/N-ethyl adjacent to an activating group) is 2. The second-order valence-corrected chi connectivity index (χ2v) is 5.92. The number of amides is 2. The van der Waals surface area contributed by atoms with Gasteiger partial charge in [-0.1, -0.05) is 13.8 Å². The summed E-state index contributed by atoms with van der Waals surface area (Å²) in [5.74, 6) is -1.14. The fraction of sp³-hybridized carbons (Fsp3) is 0.368. The zero-order valence-electron chi connectivity index (χ0n) is 15.2. The van der Waals surface area contributed by atoms with Crippen molar-refractivity contribution in [2.24, 2.45) is 5.92 Å². The van der Waals surface area contributed by atoms with E-state index in [0.29, 0.717) is 12.0 Å². The van der Waals surface area contributed by atoms with Gasteiger partial charge in [-0.15, -0.1) is 0 Å². The van der Waals surface area contributed by atoms with Crippen LogP contribution in [-0.2, 0) is 9.59 Å². The van der Waals surface area contributed by atoms with E-state index in [9.17, 15) is 14.4 Å². The maximum absolute atomic E-state index is 13.1. The molecule has 0 unspecified atom stereocenters. The van der Waals surface area contributed by atoms with Crippen molar-refractivity contribution in [3.63, 3.8) is 0 Å². The molecular formula is C19H23N3O3. The Morgan fingerprint density at radius 3 is 2.40 bits per heavy atom. The van der Waals surface area contributed by atoms with Crippen molar-refractivity contribution in [2.45, 2.75) is 27.7 Å². The number of benzene rings is 1. The molecule has 1 rings (SSSR count). The van der Waals surface area contributed by atoms with Crippen molar-refractivity contribution in [2.75, 3.05) is 13.6 Å². The largest absolute Gasteiger partial charge is 0.355 e. The minimum Gasteiger partial charge on any atom is -0.355 e. The van der Waals surface area contributed by atoms with Crippen LogP contribution < -0.4 is 5.32 Å². The standard InChI is InChI=1S/C19H23N3O3/c1-6-22(11-23)17(16(12(2)3)19(25)21-5)18(24)15-8-13(4)7-14(9-15)10-20/h7-9,11-12H,6H2,1-5H3,(H,21,25)/b17-16-. The first kappa shape index (κ1) is 20.1. The molecule has 1 aromatic carbocycles. The van der Waals surface area contributed by atoms with Crippen LogP contribution in [0, 0.1) is 24.2 Å². The lowest BCUT2D eigenvalue weighted by Gasteiger charge is -2.24. The molecule has 0 aliphatic rings. The van der Waals surface area contributed by atoms with Gasteiger partial charge in [0.2, 0.25) is 18.1 Å². The number of Topliss-reactive ketones (excluding diaryl/α,β-unsaturated/α-hetero) is 1. The van der Waals surface area contributed by atoms with E-state index < -0.39 is 11.7 Å². The van der Waals surface area contributed by atoms with E-state index in [2.05, 4.69) is 5.32 Å². The van der Waals surface area contributed by atoms with Crippen LogP contribution in [0.3, 0.4) is 0 Å². The Morgan fingerprint density at radius 2 is 1.96 bits per heavy atom. The van der Waals surface area contributed by atoms with Gasteiger partial charge in [-0.3, -0.25) is 14.4 Å². The minimum absolute atomic E-state index is 0.0429. The Kier molecular flexibility index (Phi) is 7.06. The van der Waals surface area contributed by atoms with Gasteiger partial charge in [-0.2, -0.15) is 5.26 Å². The Morgan fingerprint density at radius 1 is 1.32 bits per heavy atom. The average molecular weight is 341 g/mol. The first-order chi connectivity index (χ1) is 11.8. The topological polar surface area (TPSA) is 90.3 Å². The molecule has 0 saturated carbocycles. The number of rotatable bonds is 7. The SMILES string of the molecule is CCN(C=O)/C(C(=O)c1cc(C)cc(C#N)c1)=C(\C(=O)NC)C(C)C. The van der Waals surface area contributed by atoms with Crippen molar-refractivity contribution < 1.29 is 14.4 Å². The van der Waals surface area contributed by atoms with Crippen LogP contribution in [0.15, 0.2) is 29.5 Å². The molecule has 0 aromatic heterocycles. The number of carbonyl (C=O) groups is 3. The number of nitrogens with one attached hydrogen (secondary N) is 1. The van der Waals surface area contributed by atoms with Crippen LogP contribution in [0.4, 0.5) is 0 Å². The minimum atomic E-state index is -0.457. The fourth-order valence-corrected chi connectivity index (χ4v) is 2.59. The second-order valence-electron chi connectivity index (χ2n) is 5.92. The van der Waals surface area contributed by atoms with Gasteiger partial charge >= 0.3 is 0 Å². The molecule has 1 aromatic rings. The molecule has 25 heavy (non-hydrogen) atoms. The summed E-state index contributed by atoms with van der Waals surface area (Å²) >= 11 is 0. The summed E-state index contributed by atoms with van der Waals surface area (Å²) in [6.07, 6.45) is 0.541. The summed E-state index contributed by atoms with van der Waals surface area (Å²) in [4.78, 5) is 38.2. The zero-order valence-corrected chi connectivity index (χ0v) is 15.2. The molecule has 0 aliphatic carbocycles. The van der Waals surface area contributed by atoms with Crippen molar-refractivity contribution >= 4 is 18.1 Å². The summed E-state index contributed by atoms with van der Waals surface area (Å²) < 4.78 is 0. The van der Waals surface area contributed by atoms with E-state index in [1.807, 2.05) is 6.07 Å². The molecule has 0 radical (unpaired) electrons. The molecular weight excluding hydrogens is 318 g/mol. The highest BCUT2D eigenvalue weighted by atomic mass is 16.2. The van der Waals surface area contributed by atoms with Crippen LogP contribution in [0.5, 0.6) is 0 Å². The quantitative estimate of drug-likeness (QED) is 0.467. The number of nitriles is 1. The zero-order chi connectivity index (χ0) is 19.1. The van der Waals surface area contributed by atoms with Crippen LogP contribution >= 0.6 is 0 Å². The number of aryl methyl sites for hydroxylation is 1. The van der Waals surface area contributed by atoms with E-state index in [4.69, 9.17) is 5.26 Å². The van der Waals surface area contributed by atoms with Crippen LogP contribution in [-0.4, -0.2) is 36.6 Å². The van der Waals surface area contributed by atoms with Crippen LogP contribution in [0.25, 0.3) is 0 Å². The Hall–Kier alpha value is -2.94. The molecule has 132 valence electrons.